The van der Waals surface area contributed by atoms with Crippen LogP contribution < -0.4 is 0 Å². The Kier molecular flexibility index (Phi) is 6.14. The van der Waals surface area contributed by atoms with E-state index in [9.17, 15) is 5.11 Å². The first-order chi connectivity index (χ1) is 13.2. The lowest BCUT2D eigenvalue weighted by Crippen LogP contribution is -2.52. The normalized spacial score (nSPS) is 25.6. The fourth-order valence-electron chi connectivity index (χ4n) is 4.68. The van der Waals surface area contributed by atoms with E-state index in [1.165, 1.54) is 17.5 Å². The molecule has 3 nitrogen and oxygen atoms in total. The van der Waals surface area contributed by atoms with Gasteiger partial charge in [-0.05, 0) is 42.5 Å². The number of benzene rings is 2. The second kappa shape index (κ2) is 8.74. The van der Waals surface area contributed by atoms with Gasteiger partial charge in [0.15, 0.2) is 0 Å². The highest BCUT2D eigenvalue weighted by Gasteiger charge is 2.35. The summed E-state index contributed by atoms with van der Waals surface area (Å²) in [6.07, 6.45) is 2.86. The Balaban J connectivity index is 1.52. The minimum Gasteiger partial charge on any atom is -0.393 e. The highest BCUT2D eigenvalue weighted by atomic mass is 35.5. The fourth-order valence-corrected chi connectivity index (χ4v) is 4.81. The third-order valence-electron chi connectivity index (χ3n) is 6.18. The van der Waals surface area contributed by atoms with Crippen LogP contribution in [-0.4, -0.2) is 53.2 Å². The largest absolute Gasteiger partial charge is 0.393 e. The van der Waals surface area contributed by atoms with Crippen LogP contribution in [-0.2, 0) is 6.54 Å². The van der Waals surface area contributed by atoms with Crippen molar-refractivity contribution in [3.63, 3.8) is 0 Å². The zero-order valence-electron chi connectivity index (χ0n) is 15.8. The predicted molar refractivity (Wildman–Crippen MR) is 111 cm³/mol. The summed E-state index contributed by atoms with van der Waals surface area (Å²) in [4.78, 5) is 5.20. The Morgan fingerprint density at radius 3 is 2.30 bits per heavy atom. The molecule has 4 rings (SSSR count). The van der Waals surface area contributed by atoms with E-state index in [1.54, 1.807) is 0 Å². The van der Waals surface area contributed by atoms with Gasteiger partial charge in [-0.15, -0.1) is 0 Å². The second-order valence-corrected chi connectivity index (χ2v) is 8.44. The van der Waals surface area contributed by atoms with Crippen molar-refractivity contribution in [1.29, 1.82) is 0 Å². The zero-order chi connectivity index (χ0) is 18.6. The van der Waals surface area contributed by atoms with Gasteiger partial charge >= 0.3 is 0 Å². The molecule has 0 saturated carbocycles. The summed E-state index contributed by atoms with van der Waals surface area (Å²) in [6, 6.07) is 19.7. The first-order valence-electron chi connectivity index (χ1n) is 10.1. The molecule has 0 unspecified atom stereocenters. The Morgan fingerprint density at radius 2 is 1.59 bits per heavy atom. The Bertz CT molecular complexity index is 713. The van der Waals surface area contributed by atoms with Gasteiger partial charge in [0.2, 0.25) is 0 Å². The maximum absolute atomic E-state index is 9.90. The van der Waals surface area contributed by atoms with Crippen molar-refractivity contribution in [3.05, 3.63) is 70.7 Å². The molecule has 2 fully saturated rings. The van der Waals surface area contributed by atoms with Gasteiger partial charge < -0.3 is 5.11 Å². The van der Waals surface area contributed by atoms with Gasteiger partial charge in [-0.25, -0.2) is 0 Å². The molecule has 2 aliphatic rings. The van der Waals surface area contributed by atoms with Crippen LogP contribution in [0.2, 0.25) is 5.02 Å². The smallest absolute Gasteiger partial charge is 0.0564 e. The number of piperidine rings is 2. The molecule has 2 saturated heterocycles. The molecule has 0 aliphatic carbocycles. The van der Waals surface area contributed by atoms with Gasteiger partial charge in [0.1, 0.15) is 0 Å². The summed E-state index contributed by atoms with van der Waals surface area (Å²) < 4.78 is 0. The topological polar surface area (TPSA) is 26.7 Å². The van der Waals surface area contributed by atoms with E-state index in [4.69, 9.17) is 11.6 Å². The van der Waals surface area contributed by atoms with Crippen molar-refractivity contribution in [1.82, 2.24) is 9.80 Å². The van der Waals surface area contributed by atoms with E-state index in [0.717, 1.165) is 50.6 Å². The van der Waals surface area contributed by atoms with Crippen LogP contribution >= 0.6 is 11.6 Å². The number of hydrogen-bond donors (Lipinski definition) is 1. The van der Waals surface area contributed by atoms with Crippen LogP contribution in [0.5, 0.6) is 0 Å². The number of rotatable bonds is 4. The maximum atomic E-state index is 9.90. The summed E-state index contributed by atoms with van der Waals surface area (Å²) in [7, 11) is 0. The van der Waals surface area contributed by atoms with Gasteiger partial charge in [-0.2, -0.15) is 0 Å². The molecular weight excluding hydrogens is 356 g/mol. The molecule has 2 heterocycles. The van der Waals surface area contributed by atoms with Crippen LogP contribution in [0, 0.1) is 0 Å². The van der Waals surface area contributed by atoms with Crippen LogP contribution in [0.1, 0.15) is 36.3 Å². The molecule has 2 aromatic rings. The van der Waals surface area contributed by atoms with E-state index in [0.29, 0.717) is 12.0 Å². The number of nitrogens with zero attached hydrogens (tertiary/aromatic N) is 2. The van der Waals surface area contributed by atoms with Gasteiger partial charge in [0.05, 0.1) is 6.10 Å². The van der Waals surface area contributed by atoms with E-state index in [1.807, 2.05) is 12.1 Å². The molecule has 4 heteroatoms. The number of aliphatic hydroxyl groups is 1. The van der Waals surface area contributed by atoms with Crippen molar-refractivity contribution in [3.8, 4) is 0 Å². The molecule has 1 N–H and O–H groups in total. The van der Waals surface area contributed by atoms with Crippen molar-refractivity contribution < 1.29 is 5.11 Å². The number of hydrogen-bond acceptors (Lipinski definition) is 3. The Hall–Kier alpha value is -1.39. The predicted octanol–water partition coefficient (Wildman–Crippen LogP) is 4.15. The third-order valence-corrected chi connectivity index (χ3v) is 6.43. The van der Waals surface area contributed by atoms with Gasteiger partial charge in [-0.3, -0.25) is 9.80 Å². The first kappa shape index (κ1) is 18.9. The minimum atomic E-state index is -0.117. The van der Waals surface area contributed by atoms with Crippen molar-refractivity contribution in [2.75, 3.05) is 26.2 Å². The monoisotopic (exact) mass is 384 g/mol. The average Bonchev–Trinajstić information content (AvgIpc) is 2.70. The minimum absolute atomic E-state index is 0.117. The van der Waals surface area contributed by atoms with Crippen molar-refractivity contribution >= 4 is 11.6 Å². The summed E-state index contributed by atoms with van der Waals surface area (Å²) in [5.41, 5.74) is 2.76. The van der Waals surface area contributed by atoms with E-state index >= 15 is 0 Å². The van der Waals surface area contributed by atoms with Gasteiger partial charge in [0.25, 0.3) is 0 Å². The lowest BCUT2D eigenvalue weighted by atomic mass is 9.84. The molecule has 144 valence electrons. The van der Waals surface area contributed by atoms with Crippen molar-refractivity contribution in [2.45, 2.75) is 43.9 Å². The molecule has 0 bridgehead atoms. The summed E-state index contributed by atoms with van der Waals surface area (Å²) in [6.45, 7) is 5.22. The maximum Gasteiger partial charge on any atom is 0.0564 e. The SMILES string of the molecule is OC1CCN([C@@H]2CCN(Cc3ccccc3)C[C@@H]2c2ccc(Cl)cc2)CC1. The third kappa shape index (κ3) is 4.72. The number of likely N-dealkylation sites (tertiary alicyclic amines) is 2. The van der Waals surface area contributed by atoms with E-state index in [-0.39, 0.29) is 6.10 Å². The zero-order valence-corrected chi connectivity index (χ0v) is 16.6. The molecule has 2 aromatic carbocycles. The number of halogens is 1. The highest BCUT2D eigenvalue weighted by Crippen LogP contribution is 2.33. The Morgan fingerprint density at radius 1 is 0.889 bits per heavy atom. The molecule has 2 atom stereocenters. The highest BCUT2D eigenvalue weighted by molar-refractivity contribution is 6.30. The summed E-state index contributed by atoms with van der Waals surface area (Å²) in [5, 5.41) is 10.7. The van der Waals surface area contributed by atoms with Crippen LogP contribution in [0.4, 0.5) is 0 Å². The quantitative estimate of drug-likeness (QED) is 0.857. The number of aliphatic hydroxyl groups excluding tert-OH is 1. The molecule has 27 heavy (non-hydrogen) atoms. The lowest BCUT2D eigenvalue weighted by Gasteiger charge is -2.46. The van der Waals surface area contributed by atoms with Crippen LogP contribution in [0.25, 0.3) is 0 Å². The van der Waals surface area contributed by atoms with E-state index in [2.05, 4.69) is 52.3 Å². The molecular formula is C23H29ClN2O. The Labute approximate surface area is 167 Å². The van der Waals surface area contributed by atoms with E-state index < -0.39 is 0 Å². The second-order valence-electron chi connectivity index (χ2n) is 8.00. The molecule has 0 amide bonds. The van der Waals surface area contributed by atoms with Crippen LogP contribution in [0.3, 0.4) is 0 Å². The molecule has 0 aromatic heterocycles. The summed E-state index contributed by atoms with van der Waals surface area (Å²) >= 11 is 6.14. The standard InChI is InChI=1S/C23H29ClN2O/c24-20-8-6-19(7-9-20)22-17-25(16-18-4-2-1-3-5-18)13-12-23(22)26-14-10-21(27)11-15-26/h1-9,21-23,27H,10-17H2/t22-,23-/m1/s1. The van der Waals surface area contributed by atoms with Gasteiger partial charge in [0, 0.05) is 49.7 Å². The first-order valence-corrected chi connectivity index (χ1v) is 10.5. The van der Waals surface area contributed by atoms with Gasteiger partial charge in [-0.1, -0.05) is 54.1 Å². The average molecular weight is 385 g/mol. The fraction of sp³-hybridized carbons (Fsp3) is 0.478. The lowest BCUT2D eigenvalue weighted by molar-refractivity contribution is 0.0274. The van der Waals surface area contributed by atoms with Crippen LogP contribution in [0.15, 0.2) is 54.6 Å². The molecule has 0 radical (unpaired) electrons. The summed E-state index contributed by atoms with van der Waals surface area (Å²) in [5.74, 6) is 0.481. The molecule has 2 aliphatic heterocycles. The van der Waals surface area contributed by atoms with Crippen molar-refractivity contribution in [2.24, 2.45) is 0 Å². The molecule has 0 spiro atoms.